The van der Waals surface area contributed by atoms with E-state index in [4.69, 9.17) is 0 Å². The van der Waals surface area contributed by atoms with Gasteiger partial charge in [-0.25, -0.2) is 22.8 Å². The molecule has 0 aliphatic heterocycles. The number of nitrogens with zero attached hydrogens (tertiary/aromatic N) is 3. The first-order valence-corrected chi connectivity index (χ1v) is 9.46. The van der Waals surface area contributed by atoms with Crippen LogP contribution in [0.4, 0.5) is 0 Å². The van der Waals surface area contributed by atoms with Crippen LogP contribution in [0.25, 0.3) is 0 Å². The second kappa shape index (κ2) is 7.25. The molecule has 0 unspecified atom stereocenters. The third kappa shape index (κ3) is 4.28. The van der Waals surface area contributed by atoms with Crippen molar-refractivity contribution in [3.05, 3.63) is 76.8 Å². The monoisotopic (exact) mass is 406 g/mol. The van der Waals surface area contributed by atoms with Crippen molar-refractivity contribution in [2.45, 2.75) is 18.0 Å². The fourth-order valence-corrected chi connectivity index (χ4v) is 3.77. The van der Waals surface area contributed by atoms with Gasteiger partial charge in [0.1, 0.15) is 12.7 Å². The number of rotatable bonds is 6. The summed E-state index contributed by atoms with van der Waals surface area (Å²) in [4.78, 5) is 4.13. The molecule has 1 N–H and O–H groups in total. The highest BCUT2D eigenvalue weighted by atomic mass is 79.9. The predicted molar refractivity (Wildman–Crippen MR) is 93.7 cm³/mol. The Hall–Kier alpha value is -2.03. The van der Waals surface area contributed by atoms with E-state index in [1.54, 1.807) is 35.3 Å². The first-order chi connectivity index (χ1) is 11.5. The van der Waals surface area contributed by atoms with Crippen LogP contribution in [-0.2, 0) is 23.1 Å². The van der Waals surface area contributed by atoms with Crippen LogP contribution in [0.2, 0.25) is 0 Å². The van der Waals surface area contributed by atoms with Crippen LogP contribution in [0.15, 0.2) is 70.6 Å². The lowest BCUT2D eigenvalue weighted by molar-refractivity contribution is 0.581. The van der Waals surface area contributed by atoms with E-state index < -0.39 is 10.0 Å². The maximum Gasteiger partial charge on any atom is 0.240 e. The average Bonchev–Trinajstić information content (AvgIpc) is 3.07. The van der Waals surface area contributed by atoms with Gasteiger partial charge in [0, 0.05) is 11.0 Å². The largest absolute Gasteiger partial charge is 0.249 e. The van der Waals surface area contributed by atoms with Crippen molar-refractivity contribution in [1.29, 1.82) is 0 Å². The molecule has 0 aliphatic carbocycles. The summed E-state index contributed by atoms with van der Waals surface area (Å²) >= 11 is 3.28. The molecule has 0 aliphatic rings. The van der Waals surface area contributed by atoms with Crippen LogP contribution in [0.5, 0.6) is 0 Å². The van der Waals surface area contributed by atoms with Crippen molar-refractivity contribution in [1.82, 2.24) is 19.5 Å². The van der Waals surface area contributed by atoms with Crippen molar-refractivity contribution in [2.75, 3.05) is 0 Å². The van der Waals surface area contributed by atoms with E-state index in [2.05, 4.69) is 30.7 Å². The molecule has 0 fully saturated rings. The highest BCUT2D eigenvalue weighted by molar-refractivity contribution is 9.10. The Kier molecular flexibility index (Phi) is 5.08. The third-order valence-electron chi connectivity index (χ3n) is 3.41. The van der Waals surface area contributed by atoms with Crippen LogP contribution >= 0.6 is 15.9 Å². The minimum absolute atomic E-state index is 0.235. The molecule has 3 aromatic rings. The van der Waals surface area contributed by atoms with Gasteiger partial charge in [-0.1, -0.05) is 46.3 Å². The molecule has 0 saturated carbocycles. The topological polar surface area (TPSA) is 76.9 Å². The Balaban J connectivity index is 1.64. The number of benzene rings is 2. The van der Waals surface area contributed by atoms with Crippen molar-refractivity contribution in [3.8, 4) is 0 Å². The predicted octanol–water partition coefficient (Wildman–Crippen LogP) is 2.57. The molecule has 0 atom stereocenters. The second-order valence-corrected chi connectivity index (χ2v) is 7.87. The number of nitrogens with one attached hydrogen (secondary N) is 1. The fraction of sp³-hybridized carbons (Fsp3) is 0.125. The molecule has 0 amide bonds. The van der Waals surface area contributed by atoms with Crippen LogP contribution in [-0.4, -0.2) is 23.2 Å². The zero-order valence-electron chi connectivity index (χ0n) is 12.6. The van der Waals surface area contributed by atoms with Gasteiger partial charge >= 0.3 is 0 Å². The molecule has 0 saturated heterocycles. The van der Waals surface area contributed by atoms with Gasteiger partial charge in [-0.05, 0) is 29.3 Å². The lowest BCUT2D eigenvalue weighted by Gasteiger charge is -2.08. The maximum absolute atomic E-state index is 12.3. The minimum atomic E-state index is -3.53. The zero-order valence-corrected chi connectivity index (χ0v) is 15.0. The second-order valence-electron chi connectivity index (χ2n) is 5.19. The summed E-state index contributed by atoms with van der Waals surface area (Å²) < 4.78 is 29.6. The molecular formula is C16H15BrN4O2S. The molecule has 6 nitrogen and oxygen atoms in total. The third-order valence-corrected chi connectivity index (χ3v) is 5.30. The van der Waals surface area contributed by atoms with Crippen molar-refractivity contribution < 1.29 is 8.42 Å². The normalized spacial score (nSPS) is 11.5. The lowest BCUT2D eigenvalue weighted by atomic mass is 10.1. The number of halogens is 1. The summed E-state index contributed by atoms with van der Waals surface area (Å²) in [6, 6.07) is 14.3. The quantitative estimate of drug-likeness (QED) is 0.682. The summed E-state index contributed by atoms with van der Waals surface area (Å²) in [5, 5.41) is 4.05. The van der Waals surface area contributed by atoms with Crippen molar-refractivity contribution in [2.24, 2.45) is 0 Å². The number of hydrogen-bond donors (Lipinski definition) is 1. The molecule has 124 valence electrons. The summed E-state index contributed by atoms with van der Waals surface area (Å²) in [6.07, 6.45) is 3.14. The smallest absolute Gasteiger partial charge is 0.240 e. The van der Waals surface area contributed by atoms with Gasteiger partial charge in [-0.2, -0.15) is 5.10 Å². The van der Waals surface area contributed by atoms with Crippen LogP contribution in [0.3, 0.4) is 0 Å². The average molecular weight is 407 g/mol. The Morgan fingerprint density at radius 1 is 1.08 bits per heavy atom. The van der Waals surface area contributed by atoms with Gasteiger partial charge in [0.05, 0.1) is 11.4 Å². The van der Waals surface area contributed by atoms with E-state index in [9.17, 15) is 8.42 Å². The zero-order chi connectivity index (χ0) is 17.0. The summed E-state index contributed by atoms with van der Waals surface area (Å²) in [5.74, 6) is 0. The number of aromatic nitrogens is 3. The Morgan fingerprint density at radius 2 is 1.83 bits per heavy atom. The molecule has 3 rings (SSSR count). The summed E-state index contributed by atoms with van der Waals surface area (Å²) in [6.45, 7) is 0.864. The van der Waals surface area contributed by atoms with Crippen LogP contribution in [0.1, 0.15) is 11.1 Å². The summed E-state index contributed by atoms with van der Waals surface area (Å²) in [5.41, 5.74) is 1.95. The highest BCUT2D eigenvalue weighted by Crippen LogP contribution is 2.16. The van der Waals surface area contributed by atoms with E-state index >= 15 is 0 Å². The van der Waals surface area contributed by atoms with Gasteiger partial charge in [-0.3, -0.25) is 0 Å². The van der Waals surface area contributed by atoms with Crippen molar-refractivity contribution >= 4 is 26.0 Å². The molecule has 0 bridgehead atoms. The van der Waals surface area contributed by atoms with E-state index in [1.165, 1.54) is 6.33 Å². The Bertz CT molecular complexity index is 910. The number of sulfonamides is 1. The molecule has 1 heterocycles. The fourth-order valence-electron chi connectivity index (χ4n) is 2.16. The molecule has 8 heteroatoms. The molecule has 0 radical (unpaired) electrons. The standard InChI is InChI=1S/C16H15BrN4O2S/c17-15-2-1-3-16(8-15)24(22,23)20-9-13-4-6-14(7-5-13)10-21-12-18-11-19-21/h1-8,11-12,20H,9-10H2. The Morgan fingerprint density at radius 3 is 2.50 bits per heavy atom. The first-order valence-electron chi connectivity index (χ1n) is 7.18. The SMILES string of the molecule is O=S(=O)(NCc1ccc(Cn2cncn2)cc1)c1cccc(Br)c1. The van der Waals surface area contributed by atoms with Gasteiger partial charge in [0.2, 0.25) is 10.0 Å². The van der Waals surface area contributed by atoms with Crippen molar-refractivity contribution in [3.63, 3.8) is 0 Å². The molecule has 0 spiro atoms. The molecular weight excluding hydrogens is 392 g/mol. The first kappa shape index (κ1) is 16.8. The summed E-state index contributed by atoms with van der Waals surface area (Å²) in [7, 11) is -3.53. The van der Waals surface area contributed by atoms with Crippen LogP contribution < -0.4 is 4.72 Å². The van der Waals surface area contributed by atoms with E-state index in [0.29, 0.717) is 6.54 Å². The lowest BCUT2D eigenvalue weighted by Crippen LogP contribution is -2.23. The van der Waals surface area contributed by atoms with Crippen LogP contribution in [0, 0.1) is 0 Å². The van der Waals surface area contributed by atoms with Gasteiger partial charge < -0.3 is 0 Å². The molecule has 24 heavy (non-hydrogen) atoms. The number of hydrogen-bond acceptors (Lipinski definition) is 4. The Labute approximate surface area is 148 Å². The maximum atomic E-state index is 12.3. The molecule has 2 aromatic carbocycles. The van der Waals surface area contributed by atoms with E-state index in [0.717, 1.165) is 15.6 Å². The van der Waals surface area contributed by atoms with Gasteiger partial charge in [0.25, 0.3) is 0 Å². The minimum Gasteiger partial charge on any atom is -0.249 e. The molecule has 1 aromatic heterocycles. The highest BCUT2D eigenvalue weighted by Gasteiger charge is 2.13. The van der Waals surface area contributed by atoms with Gasteiger partial charge in [-0.15, -0.1) is 0 Å². The van der Waals surface area contributed by atoms with E-state index in [1.807, 2.05) is 24.3 Å². The van der Waals surface area contributed by atoms with Gasteiger partial charge in [0.15, 0.2) is 0 Å². The van der Waals surface area contributed by atoms with E-state index in [-0.39, 0.29) is 11.4 Å².